The predicted octanol–water partition coefficient (Wildman–Crippen LogP) is 1.45. The molecule has 28 heavy (non-hydrogen) atoms. The van der Waals surface area contributed by atoms with Crippen LogP contribution in [0, 0.1) is 0 Å². The average Bonchev–Trinajstić information content (AvgIpc) is 3.03. The first-order valence-electron chi connectivity index (χ1n) is 10.9. The van der Waals surface area contributed by atoms with Crippen molar-refractivity contribution in [2.45, 2.75) is 78.4 Å². The van der Waals surface area contributed by atoms with Gasteiger partial charge in [-0.15, -0.1) is 0 Å². The van der Waals surface area contributed by atoms with Crippen LogP contribution in [0.25, 0.3) is 0 Å². The fraction of sp³-hybridized carbons (Fsp3) is 0.850. The van der Waals surface area contributed by atoms with E-state index in [-0.39, 0.29) is 5.69 Å². The standard InChI is InChI=1S/C20H39N7O/c1-5-25(6-2)14-9-11-17(3)23-19(21-4)22-13-10-16-27-20(28)26-15-8-7-12-18(26)24-27/h17H,5-16H2,1-4H3,(H2,21,22,23). The Morgan fingerprint density at radius 1 is 1.29 bits per heavy atom. The normalized spacial score (nSPS) is 15.5. The fourth-order valence-electron chi connectivity index (χ4n) is 3.69. The van der Waals surface area contributed by atoms with Crippen LogP contribution in [-0.2, 0) is 19.5 Å². The van der Waals surface area contributed by atoms with Gasteiger partial charge in [0.25, 0.3) is 0 Å². The van der Waals surface area contributed by atoms with Crippen LogP contribution in [0.5, 0.6) is 0 Å². The van der Waals surface area contributed by atoms with E-state index >= 15 is 0 Å². The highest BCUT2D eigenvalue weighted by atomic mass is 16.2. The Labute approximate surface area is 169 Å². The number of guanidine groups is 1. The molecule has 8 heteroatoms. The Morgan fingerprint density at radius 3 is 2.75 bits per heavy atom. The first-order chi connectivity index (χ1) is 13.6. The first-order valence-corrected chi connectivity index (χ1v) is 10.9. The van der Waals surface area contributed by atoms with Gasteiger partial charge in [-0.25, -0.2) is 9.48 Å². The summed E-state index contributed by atoms with van der Waals surface area (Å²) in [6, 6.07) is 0.379. The largest absolute Gasteiger partial charge is 0.356 e. The summed E-state index contributed by atoms with van der Waals surface area (Å²) >= 11 is 0. The van der Waals surface area contributed by atoms with E-state index in [0.717, 1.165) is 76.6 Å². The van der Waals surface area contributed by atoms with Gasteiger partial charge in [-0.05, 0) is 58.7 Å². The van der Waals surface area contributed by atoms with Crippen LogP contribution in [0.3, 0.4) is 0 Å². The zero-order chi connectivity index (χ0) is 20.4. The maximum atomic E-state index is 12.3. The average molecular weight is 394 g/mol. The fourth-order valence-corrected chi connectivity index (χ4v) is 3.69. The predicted molar refractivity (Wildman–Crippen MR) is 115 cm³/mol. The van der Waals surface area contributed by atoms with Crippen molar-refractivity contribution < 1.29 is 0 Å². The van der Waals surface area contributed by atoms with E-state index in [2.05, 4.69) is 46.4 Å². The van der Waals surface area contributed by atoms with Gasteiger partial charge in [-0.1, -0.05) is 13.8 Å². The van der Waals surface area contributed by atoms with Crippen molar-refractivity contribution in [3.05, 3.63) is 16.3 Å². The van der Waals surface area contributed by atoms with Crippen molar-refractivity contribution in [3.63, 3.8) is 0 Å². The Hall–Kier alpha value is -1.83. The van der Waals surface area contributed by atoms with Gasteiger partial charge in [-0.2, -0.15) is 5.10 Å². The highest BCUT2D eigenvalue weighted by molar-refractivity contribution is 5.79. The molecule has 1 aliphatic heterocycles. The lowest BCUT2D eigenvalue weighted by atomic mass is 10.2. The van der Waals surface area contributed by atoms with Gasteiger partial charge in [0.1, 0.15) is 5.82 Å². The number of aliphatic imine (C=N–C) groups is 1. The topological polar surface area (TPSA) is 79.5 Å². The first kappa shape index (κ1) is 22.5. The molecular weight excluding hydrogens is 354 g/mol. The molecule has 0 aromatic carbocycles. The van der Waals surface area contributed by atoms with Gasteiger partial charge < -0.3 is 15.5 Å². The van der Waals surface area contributed by atoms with Gasteiger partial charge >= 0.3 is 5.69 Å². The molecule has 0 saturated heterocycles. The van der Waals surface area contributed by atoms with Crippen LogP contribution in [-0.4, -0.2) is 64.5 Å². The molecule has 1 aromatic heterocycles. The number of nitrogens with one attached hydrogen (secondary N) is 2. The van der Waals surface area contributed by atoms with Crippen molar-refractivity contribution in [1.82, 2.24) is 29.9 Å². The molecule has 1 unspecified atom stereocenters. The molecule has 0 saturated carbocycles. The molecule has 2 N–H and O–H groups in total. The number of nitrogens with zero attached hydrogens (tertiary/aromatic N) is 5. The van der Waals surface area contributed by atoms with Gasteiger partial charge in [0.15, 0.2) is 5.96 Å². The maximum absolute atomic E-state index is 12.3. The van der Waals surface area contributed by atoms with E-state index in [9.17, 15) is 4.79 Å². The molecule has 0 amide bonds. The quantitative estimate of drug-likeness (QED) is 0.338. The van der Waals surface area contributed by atoms with Crippen molar-refractivity contribution in [1.29, 1.82) is 0 Å². The molecule has 0 bridgehead atoms. The SMILES string of the molecule is CCN(CC)CCCC(C)NC(=NC)NCCCn1nc2n(c1=O)CCCC2. The lowest BCUT2D eigenvalue weighted by Gasteiger charge is -2.21. The van der Waals surface area contributed by atoms with Gasteiger partial charge in [0, 0.05) is 39.1 Å². The zero-order valence-electron chi connectivity index (χ0n) is 18.2. The second kappa shape index (κ2) is 11.9. The van der Waals surface area contributed by atoms with E-state index in [1.54, 1.807) is 11.7 Å². The Bertz CT molecular complexity index is 660. The minimum Gasteiger partial charge on any atom is -0.356 e. The minimum atomic E-state index is 0.0408. The van der Waals surface area contributed by atoms with Crippen LogP contribution in [0.2, 0.25) is 0 Å². The summed E-state index contributed by atoms with van der Waals surface area (Å²) < 4.78 is 3.45. The molecule has 1 aromatic rings. The molecule has 2 rings (SSSR count). The molecule has 1 aliphatic rings. The van der Waals surface area contributed by atoms with Crippen LogP contribution in [0.4, 0.5) is 0 Å². The third kappa shape index (κ3) is 6.65. The van der Waals surface area contributed by atoms with E-state index in [0.29, 0.717) is 12.6 Å². The molecule has 0 spiro atoms. The maximum Gasteiger partial charge on any atom is 0.345 e. The molecule has 2 heterocycles. The Kier molecular flexibility index (Phi) is 9.54. The summed E-state index contributed by atoms with van der Waals surface area (Å²) in [5.74, 6) is 1.77. The second-order valence-corrected chi connectivity index (χ2v) is 7.60. The molecule has 0 radical (unpaired) electrons. The number of fused-ring (bicyclic) bond motifs is 1. The van der Waals surface area contributed by atoms with Gasteiger partial charge in [-0.3, -0.25) is 9.56 Å². The summed E-state index contributed by atoms with van der Waals surface area (Å²) in [5, 5.41) is 11.3. The third-order valence-corrected chi connectivity index (χ3v) is 5.48. The molecule has 8 nitrogen and oxygen atoms in total. The van der Waals surface area contributed by atoms with Gasteiger partial charge in [0.2, 0.25) is 0 Å². The number of hydrogen-bond donors (Lipinski definition) is 2. The molecule has 1 atom stereocenters. The summed E-state index contributed by atoms with van der Waals surface area (Å²) in [4.78, 5) is 19.1. The molecular formula is C20H39N7O. The number of hydrogen-bond acceptors (Lipinski definition) is 4. The van der Waals surface area contributed by atoms with Crippen LogP contribution in [0.1, 0.15) is 58.7 Å². The molecule has 0 aliphatic carbocycles. The third-order valence-electron chi connectivity index (χ3n) is 5.48. The summed E-state index contributed by atoms with van der Waals surface area (Å²) in [5.41, 5.74) is 0.0408. The molecule has 160 valence electrons. The van der Waals surface area contributed by atoms with E-state index in [4.69, 9.17) is 0 Å². The van der Waals surface area contributed by atoms with Crippen LogP contribution >= 0.6 is 0 Å². The molecule has 0 fully saturated rings. The number of rotatable bonds is 11. The minimum absolute atomic E-state index is 0.0408. The van der Waals surface area contributed by atoms with Crippen molar-refractivity contribution in [3.8, 4) is 0 Å². The van der Waals surface area contributed by atoms with Gasteiger partial charge in [0.05, 0.1) is 0 Å². The van der Waals surface area contributed by atoms with E-state index < -0.39 is 0 Å². The second-order valence-electron chi connectivity index (χ2n) is 7.60. The lowest BCUT2D eigenvalue weighted by Crippen LogP contribution is -2.43. The highest BCUT2D eigenvalue weighted by Crippen LogP contribution is 2.09. The van der Waals surface area contributed by atoms with Crippen LogP contribution < -0.4 is 16.3 Å². The Balaban J connectivity index is 1.67. The number of aromatic nitrogens is 3. The summed E-state index contributed by atoms with van der Waals surface area (Å²) in [6.07, 6.45) is 6.27. The number of aryl methyl sites for hydroxylation is 2. The Morgan fingerprint density at radius 2 is 2.07 bits per heavy atom. The van der Waals surface area contributed by atoms with Crippen molar-refractivity contribution in [2.24, 2.45) is 4.99 Å². The van der Waals surface area contributed by atoms with Crippen molar-refractivity contribution in [2.75, 3.05) is 33.2 Å². The smallest absolute Gasteiger partial charge is 0.345 e. The highest BCUT2D eigenvalue weighted by Gasteiger charge is 2.16. The van der Waals surface area contributed by atoms with Crippen molar-refractivity contribution >= 4 is 5.96 Å². The monoisotopic (exact) mass is 393 g/mol. The summed E-state index contributed by atoms with van der Waals surface area (Å²) in [6.45, 7) is 12.2. The summed E-state index contributed by atoms with van der Waals surface area (Å²) in [7, 11) is 1.80. The van der Waals surface area contributed by atoms with E-state index in [1.165, 1.54) is 6.42 Å². The van der Waals surface area contributed by atoms with E-state index in [1.807, 2.05) is 4.57 Å². The van der Waals surface area contributed by atoms with Crippen LogP contribution in [0.15, 0.2) is 9.79 Å². The zero-order valence-corrected chi connectivity index (χ0v) is 18.2. The lowest BCUT2D eigenvalue weighted by molar-refractivity contribution is 0.292.